The van der Waals surface area contributed by atoms with Crippen LogP contribution in [0.1, 0.15) is 5.56 Å². The Hall–Kier alpha value is -3.06. The molecule has 6 nitrogen and oxygen atoms in total. The molecular weight excluding hydrogens is 366 g/mol. The van der Waals surface area contributed by atoms with E-state index >= 15 is 0 Å². The van der Waals surface area contributed by atoms with Crippen molar-refractivity contribution in [3.63, 3.8) is 0 Å². The second-order valence-electron chi connectivity index (χ2n) is 5.84. The number of fused-ring (bicyclic) bond motifs is 1. The number of carbonyl (C=O) groups is 2. The minimum Gasteiger partial charge on any atom is -0.426 e. The Morgan fingerprint density at radius 1 is 1.04 bits per heavy atom. The van der Waals surface area contributed by atoms with Crippen LogP contribution in [0.15, 0.2) is 63.8 Å². The van der Waals surface area contributed by atoms with E-state index in [2.05, 4.69) is 5.32 Å². The lowest BCUT2D eigenvalue weighted by Gasteiger charge is -2.06. The first-order valence-corrected chi connectivity index (χ1v) is 9.34. The van der Waals surface area contributed by atoms with Crippen molar-refractivity contribution in [3.05, 3.63) is 70.6 Å². The highest BCUT2D eigenvalue weighted by Crippen LogP contribution is 2.20. The van der Waals surface area contributed by atoms with Gasteiger partial charge in [-0.2, -0.15) is 0 Å². The highest BCUT2D eigenvalue weighted by atomic mass is 32.2. The summed E-state index contributed by atoms with van der Waals surface area (Å²) in [5.41, 5.74) is 1.70. The Bertz CT molecular complexity index is 1030. The van der Waals surface area contributed by atoms with Crippen LogP contribution in [0, 0.1) is 6.92 Å². The van der Waals surface area contributed by atoms with Crippen LogP contribution in [0.4, 0.5) is 5.69 Å². The third kappa shape index (κ3) is 5.46. The van der Waals surface area contributed by atoms with Gasteiger partial charge in [0.15, 0.2) is 0 Å². The lowest BCUT2D eigenvalue weighted by molar-refractivity contribution is -0.131. The molecule has 1 aromatic heterocycles. The monoisotopic (exact) mass is 383 g/mol. The molecule has 1 heterocycles. The summed E-state index contributed by atoms with van der Waals surface area (Å²) in [4.78, 5) is 35.1. The maximum Gasteiger partial charge on any atom is 0.336 e. The van der Waals surface area contributed by atoms with Crippen molar-refractivity contribution in [3.8, 4) is 5.75 Å². The molecule has 138 valence electrons. The van der Waals surface area contributed by atoms with Crippen LogP contribution in [0.2, 0.25) is 0 Å². The van der Waals surface area contributed by atoms with E-state index < -0.39 is 11.6 Å². The van der Waals surface area contributed by atoms with Gasteiger partial charge in [-0.1, -0.05) is 17.7 Å². The van der Waals surface area contributed by atoms with Crippen molar-refractivity contribution in [1.29, 1.82) is 0 Å². The highest BCUT2D eigenvalue weighted by Gasteiger charge is 2.09. The van der Waals surface area contributed by atoms with Crippen LogP contribution in [-0.4, -0.2) is 23.4 Å². The number of benzene rings is 2. The van der Waals surface area contributed by atoms with Crippen molar-refractivity contribution in [1.82, 2.24) is 0 Å². The summed E-state index contributed by atoms with van der Waals surface area (Å²) >= 11 is 1.16. The van der Waals surface area contributed by atoms with Gasteiger partial charge < -0.3 is 14.5 Å². The zero-order valence-corrected chi connectivity index (χ0v) is 15.4. The van der Waals surface area contributed by atoms with Crippen LogP contribution >= 0.6 is 11.8 Å². The number of aryl methyl sites for hydroxylation is 1. The number of hydrogen-bond donors (Lipinski definition) is 1. The number of ether oxygens (including phenoxy) is 1. The summed E-state index contributed by atoms with van der Waals surface area (Å²) < 4.78 is 10.3. The van der Waals surface area contributed by atoms with Gasteiger partial charge in [-0.25, -0.2) is 4.79 Å². The molecule has 0 radical (unpaired) electrons. The Balaban J connectivity index is 1.47. The zero-order valence-electron chi connectivity index (χ0n) is 14.6. The van der Waals surface area contributed by atoms with Crippen molar-refractivity contribution in [2.45, 2.75) is 6.92 Å². The fraction of sp³-hybridized carbons (Fsp3) is 0.150. The molecule has 3 rings (SSSR count). The molecule has 0 saturated heterocycles. The minimum absolute atomic E-state index is 0.0259. The molecule has 0 atom stereocenters. The van der Waals surface area contributed by atoms with Crippen molar-refractivity contribution in [2.24, 2.45) is 0 Å². The number of carbonyl (C=O) groups excluding carboxylic acids is 2. The molecule has 7 heteroatoms. The molecule has 0 fully saturated rings. The van der Waals surface area contributed by atoms with Gasteiger partial charge in [0.1, 0.15) is 11.3 Å². The third-order valence-electron chi connectivity index (χ3n) is 3.61. The number of thioether (sulfide) groups is 1. The van der Waals surface area contributed by atoms with E-state index in [4.69, 9.17) is 9.15 Å². The maximum absolute atomic E-state index is 11.9. The maximum atomic E-state index is 11.9. The number of anilines is 1. The average Bonchev–Trinajstić information content (AvgIpc) is 2.63. The Morgan fingerprint density at radius 3 is 2.56 bits per heavy atom. The fourth-order valence-corrected chi connectivity index (χ4v) is 2.91. The summed E-state index contributed by atoms with van der Waals surface area (Å²) in [5, 5.41) is 3.50. The topological polar surface area (TPSA) is 85.6 Å². The smallest absolute Gasteiger partial charge is 0.336 e. The third-order valence-corrected chi connectivity index (χ3v) is 4.52. The van der Waals surface area contributed by atoms with E-state index in [1.54, 1.807) is 18.2 Å². The van der Waals surface area contributed by atoms with Crippen LogP contribution in [-0.2, 0) is 9.59 Å². The van der Waals surface area contributed by atoms with E-state index in [1.165, 1.54) is 12.1 Å². The lowest BCUT2D eigenvalue weighted by Crippen LogP contribution is -2.17. The summed E-state index contributed by atoms with van der Waals surface area (Å²) in [6.07, 6.45) is 0. The zero-order chi connectivity index (χ0) is 19.2. The lowest BCUT2D eigenvalue weighted by atomic mass is 10.2. The Morgan fingerprint density at radius 2 is 1.78 bits per heavy atom. The van der Waals surface area contributed by atoms with Crippen LogP contribution in [0.25, 0.3) is 11.0 Å². The fourth-order valence-electron chi connectivity index (χ4n) is 2.33. The van der Waals surface area contributed by atoms with Gasteiger partial charge >= 0.3 is 11.6 Å². The van der Waals surface area contributed by atoms with Gasteiger partial charge in [0, 0.05) is 23.2 Å². The second-order valence-corrected chi connectivity index (χ2v) is 6.82. The molecule has 0 aliphatic heterocycles. The first-order chi connectivity index (χ1) is 13.0. The highest BCUT2D eigenvalue weighted by molar-refractivity contribution is 8.00. The first kappa shape index (κ1) is 18.7. The molecule has 1 amide bonds. The number of hydrogen-bond acceptors (Lipinski definition) is 6. The van der Waals surface area contributed by atoms with Crippen molar-refractivity contribution < 1.29 is 18.7 Å². The van der Waals surface area contributed by atoms with Gasteiger partial charge in [-0.05, 0) is 37.3 Å². The number of nitrogens with one attached hydrogen (secondary N) is 1. The van der Waals surface area contributed by atoms with Crippen molar-refractivity contribution >= 4 is 40.3 Å². The van der Waals surface area contributed by atoms with E-state index in [9.17, 15) is 14.4 Å². The molecule has 0 spiro atoms. The van der Waals surface area contributed by atoms with Gasteiger partial charge in [-0.3, -0.25) is 9.59 Å². The molecule has 0 bridgehead atoms. The molecule has 3 aromatic rings. The predicted octanol–water partition coefficient (Wildman–Crippen LogP) is 3.38. The number of rotatable bonds is 6. The Labute approximate surface area is 159 Å². The molecular formula is C20H17NO5S. The molecule has 0 saturated carbocycles. The normalized spacial score (nSPS) is 10.6. The average molecular weight is 383 g/mol. The van der Waals surface area contributed by atoms with E-state index in [1.807, 2.05) is 31.2 Å². The summed E-state index contributed by atoms with van der Waals surface area (Å²) in [6, 6.07) is 15.2. The van der Waals surface area contributed by atoms with Crippen LogP contribution < -0.4 is 15.7 Å². The molecule has 0 aliphatic rings. The largest absolute Gasteiger partial charge is 0.426 e. The standard InChI is InChI=1S/C20H17NO5S/c1-13-2-6-15(7-3-13)21-18(22)11-27-12-20(24)25-16-8-4-14-5-9-19(23)26-17(14)10-16/h2-10H,11-12H2,1H3,(H,21,22). The Kier molecular flexibility index (Phi) is 5.93. The van der Waals surface area contributed by atoms with Gasteiger partial charge in [0.2, 0.25) is 5.91 Å². The predicted molar refractivity (Wildman–Crippen MR) is 105 cm³/mol. The second kappa shape index (κ2) is 8.55. The summed E-state index contributed by atoms with van der Waals surface area (Å²) in [7, 11) is 0. The first-order valence-electron chi connectivity index (χ1n) is 8.18. The van der Waals surface area contributed by atoms with Gasteiger partial charge in [-0.15, -0.1) is 11.8 Å². The SMILES string of the molecule is Cc1ccc(NC(=O)CSCC(=O)Oc2ccc3ccc(=O)oc3c2)cc1. The molecule has 0 unspecified atom stereocenters. The van der Waals surface area contributed by atoms with E-state index in [-0.39, 0.29) is 23.2 Å². The van der Waals surface area contributed by atoms with Gasteiger partial charge in [0.05, 0.1) is 11.5 Å². The molecule has 2 aromatic carbocycles. The van der Waals surface area contributed by atoms with Gasteiger partial charge in [0.25, 0.3) is 0 Å². The number of esters is 1. The molecule has 27 heavy (non-hydrogen) atoms. The van der Waals surface area contributed by atoms with E-state index in [0.717, 1.165) is 22.7 Å². The molecule has 0 aliphatic carbocycles. The van der Waals surface area contributed by atoms with E-state index in [0.29, 0.717) is 11.3 Å². The van der Waals surface area contributed by atoms with Crippen LogP contribution in [0.3, 0.4) is 0 Å². The molecule has 1 N–H and O–H groups in total. The quantitative estimate of drug-likeness (QED) is 0.399. The number of amides is 1. The summed E-state index contributed by atoms with van der Waals surface area (Å²) in [5.74, 6) is -0.232. The minimum atomic E-state index is -0.485. The van der Waals surface area contributed by atoms with Crippen molar-refractivity contribution in [2.75, 3.05) is 16.8 Å². The van der Waals surface area contributed by atoms with Crippen LogP contribution in [0.5, 0.6) is 5.75 Å². The summed E-state index contributed by atoms with van der Waals surface area (Å²) in [6.45, 7) is 1.97.